The van der Waals surface area contributed by atoms with E-state index in [1.807, 2.05) is 4.90 Å². The van der Waals surface area contributed by atoms with Crippen LogP contribution in [0, 0.1) is 0 Å². The van der Waals surface area contributed by atoms with Gasteiger partial charge in [0.25, 0.3) is 0 Å². The summed E-state index contributed by atoms with van der Waals surface area (Å²) in [5.41, 5.74) is 5.51. The van der Waals surface area contributed by atoms with Crippen molar-refractivity contribution in [2.45, 2.75) is 45.2 Å². The van der Waals surface area contributed by atoms with E-state index >= 15 is 0 Å². The zero-order chi connectivity index (χ0) is 9.14. The van der Waals surface area contributed by atoms with E-state index in [4.69, 9.17) is 5.73 Å². The molecule has 2 unspecified atom stereocenters. The number of nitrogens with two attached hydrogens (primary N) is 1. The highest BCUT2D eigenvalue weighted by Gasteiger charge is 2.36. The van der Waals surface area contributed by atoms with E-state index in [2.05, 4.69) is 13.8 Å². The Bertz CT molecular complexity index is 170. The Labute approximate surface area is 73.9 Å². The van der Waals surface area contributed by atoms with E-state index in [1.165, 1.54) is 0 Å². The van der Waals surface area contributed by atoms with Crippen molar-refractivity contribution in [1.82, 2.24) is 4.90 Å². The largest absolute Gasteiger partial charge is 0.336 e. The number of hydrogen-bond donors (Lipinski definition) is 1. The molecule has 0 saturated carbocycles. The number of nitrogens with zero attached hydrogens (tertiary/aromatic N) is 1. The van der Waals surface area contributed by atoms with E-state index in [0.717, 1.165) is 25.8 Å². The third-order valence-electron chi connectivity index (χ3n) is 2.53. The predicted octanol–water partition coefficient (Wildman–Crippen LogP) is 0.735. The molecule has 1 aliphatic rings. The van der Waals surface area contributed by atoms with E-state index in [1.54, 1.807) is 0 Å². The lowest BCUT2D eigenvalue weighted by atomic mass is 10.00. The topological polar surface area (TPSA) is 46.3 Å². The smallest absolute Gasteiger partial charge is 0.241 e. The summed E-state index contributed by atoms with van der Waals surface area (Å²) in [5, 5.41) is 0. The molecule has 70 valence electrons. The Hall–Kier alpha value is -0.570. The van der Waals surface area contributed by atoms with Crippen LogP contribution in [0.25, 0.3) is 0 Å². The molecule has 0 aromatic carbocycles. The molecule has 0 spiro atoms. The van der Waals surface area contributed by atoms with Gasteiger partial charge in [0, 0.05) is 12.6 Å². The molecule has 1 rings (SSSR count). The predicted molar refractivity (Wildman–Crippen MR) is 48.7 cm³/mol. The van der Waals surface area contributed by atoms with Crippen LogP contribution in [-0.2, 0) is 4.79 Å². The molecule has 1 fully saturated rings. The molecule has 2 N–H and O–H groups in total. The van der Waals surface area contributed by atoms with Gasteiger partial charge < -0.3 is 10.6 Å². The first-order valence-electron chi connectivity index (χ1n) is 4.76. The molecule has 3 nitrogen and oxygen atoms in total. The van der Waals surface area contributed by atoms with Gasteiger partial charge in [-0.3, -0.25) is 4.79 Å². The minimum Gasteiger partial charge on any atom is -0.336 e. The second kappa shape index (κ2) is 3.90. The van der Waals surface area contributed by atoms with E-state index in [9.17, 15) is 4.79 Å². The third-order valence-corrected chi connectivity index (χ3v) is 2.53. The second-order valence-corrected chi connectivity index (χ2v) is 3.45. The first-order valence-corrected chi connectivity index (χ1v) is 4.76. The summed E-state index contributed by atoms with van der Waals surface area (Å²) in [4.78, 5) is 13.1. The minimum atomic E-state index is -0.212. The van der Waals surface area contributed by atoms with Crippen molar-refractivity contribution in [1.29, 1.82) is 0 Å². The SMILES string of the molecule is CCCC(CC)N1CC(N)C1=O. The molecule has 0 bridgehead atoms. The van der Waals surface area contributed by atoms with Crippen LogP contribution >= 0.6 is 0 Å². The average Bonchev–Trinajstić information content (AvgIpc) is 2.10. The van der Waals surface area contributed by atoms with E-state index in [-0.39, 0.29) is 11.9 Å². The molecule has 0 aromatic heterocycles. The number of carbonyl (C=O) groups is 1. The summed E-state index contributed by atoms with van der Waals surface area (Å²) in [6.07, 6.45) is 3.29. The quantitative estimate of drug-likeness (QED) is 0.632. The van der Waals surface area contributed by atoms with Crippen LogP contribution in [-0.4, -0.2) is 29.4 Å². The average molecular weight is 170 g/mol. The molecule has 0 aliphatic carbocycles. The van der Waals surface area contributed by atoms with Gasteiger partial charge in [-0.2, -0.15) is 0 Å². The first kappa shape index (κ1) is 9.52. The maximum atomic E-state index is 11.2. The molecule has 0 aromatic rings. The molecule has 2 atom stereocenters. The highest BCUT2D eigenvalue weighted by molar-refractivity contribution is 5.87. The Morgan fingerprint density at radius 1 is 1.67 bits per heavy atom. The van der Waals surface area contributed by atoms with Gasteiger partial charge in [-0.05, 0) is 12.8 Å². The lowest BCUT2D eigenvalue weighted by Gasteiger charge is -2.42. The van der Waals surface area contributed by atoms with Gasteiger partial charge in [0.05, 0.1) is 0 Å². The fraction of sp³-hybridized carbons (Fsp3) is 0.889. The number of β-lactam (4-membered cyclic amide) rings is 1. The van der Waals surface area contributed by atoms with Crippen molar-refractivity contribution in [2.75, 3.05) is 6.54 Å². The molecular formula is C9H18N2O. The van der Waals surface area contributed by atoms with E-state index < -0.39 is 0 Å². The van der Waals surface area contributed by atoms with Gasteiger partial charge in [0.2, 0.25) is 5.91 Å². The van der Waals surface area contributed by atoms with Crippen molar-refractivity contribution in [3.05, 3.63) is 0 Å². The maximum absolute atomic E-state index is 11.2. The van der Waals surface area contributed by atoms with Gasteiger partial charge >= 0.3 is 0 Å². The fourth-order valence-electron chi connectivity index (χ4n) is 1.72. The Balaban J connectivity index is 2.40. The minimum absolute atomic E-state index is 0.135. The number of amides is 1. The summed E-state index contributed by atoms with van der Waals surface area (Å²) < 4.78 is 0. The second-order valence-electron chi connectivity index (χ2n) is 3.45. The third kappa shape index (κ3) is 1.61. The Morgan fingerprint density at radius 2 is 2.33 bits per heavy atom. The molecular weight excluding hydrogens is 152 g/mol. The molecule has 12 heavy (non-hydrogen) atoms. The summed E-state index contributed by atoms with van der Waals surface area (Å²) in [5.74, 6) is 0.135. The molecule has 0 radical (unpaired) electrons. The maximum Gasteiger partial charge on any atom is 0.241 e. The van der Waals surface area contributed by atoms with Crippen molar-refractivity contribution in [2.24, 2.45) is 5.73 Å². The highest BCUT2D eigenvalue weighted by Crippen LogP contribution is 2.18. The molecule has 1 heterocycles. The van der Waals surface area contributed by atoms with Crippen LogP contribution in [0.3, 0.4) is 0 Å². The van der Waals surface area contributed by atoms with Crippen LogP contribution in [0.1, 0.15) is 33.1 Å². The summed E-state index contributed by atoms with van der Waals surface area (Å²) >= 11 is 0. The lowest BCUT2D eigenvalue weighted by Crippen LogP contribution is -2.63. The molecule has 1 amide bonds. The monoisotopic (exact) mass is 170 g/mol. The van der Waals surface area contributed by atoms with Gasteiger partial charge in [0.15, 0.2) is 0 Å². The van der Waals surface area contributed by atoms with Crippen molar-refractivity contribution >= 4 is 5.91 Å². The fourth-order valence-corrected chi connectivity index (χ4v) is 1.72. The summed E-state index contributed by atoms with van der Waals surface area (Å²) in [6, 6.07) is 0.221. The van der Waals surface area contributed by atoms with Gasteiger partial charge in [-0.25, -0.2) is 0 Å². The van der Waals surface area contributed by atoms with Crippen molar-refractivity contribution in [3.8, 4) is 0 Å². The summed E-state index contributed by atoms with van der Waals surface area (Å²) in [7, 11) is 0. The number of rotatable bonds is 4. The van der Waals surface area contributed by atoms with Gasteiger partial charge in [0.1, 0.15) is 6.04 Å². The van der Waals surface area contributed by atoms with Crippen LogP contribution < -0.4 is 5.73 Å². The van der Waals surface area contributed by atoms with Crippen molar-refractivity contribution < 1.29 is 4.79 Å². The zero-order valence-electron chi connectivity index (χ0n) is 7.92. The Morgan fingerprint density at radius 3 is 2.67 bits per heavy atom. The zero-order valence-corrected chi connectivity index (χ0v) is 7.92. The highest BCUT2D eigenvalue weighted by atomic mass is 16.2. The van der Waals surface area contributed by atoms with Gasteiger partial charge in [-0.15, -0.1) is 0 Å². The first-order chi connectivity index (χ1) is 5.70. The molecule has 3 heteroatoms. The molecule has 1 saturated heterocycles. The van der Waals surface area contributed by atoms with Crippen molar-refractivity contribution in [3.63, 3.8) is 0 Å². The van der Waals surface area contributed by atoms with Gasteiger partial charge in [-0.1, -0.05) is 20.3 Å². The van der Waals surface area contributed by atoms with Crippen LogP contribution in [0.4, 0.5) is 0 Å². The normalized spacial score (nSPS) is 25.4. The van der Waals surface area contributed by atoms with Crippen LogP contribution in [0.15, 0.2) is 0 Å². The lowest BCUT2D eigenvalue weighted by molar-refractivity contribution is -0.145. The summed E-state index contributed by atoms with van der Waals surface area (Å²) in [6.45, 7) is 5.03. The molecule has 1 aliphatic heterocycles. The number of hydrogen-bond acceptors (Lipinski definition) is 2. The number of carbonyl (C=O) groups excluding carboxylic acids is 1. The number of likely N-dealkylation sites (tertiary alicyclic amines) is 1. The Kier molecular flexibility index (Phi) is 3.09. The van der Waals surface area contributed by atoms with Crippen LogP contribution in [0.5, 0.6) is 0 Å². The standard InChI is InChI=1S/C9H18N2O/c1-3-5-7(4-2)11-6-8(10)9(11)12/h7-8H,3-6,10H2,1-2H3. The van der Waals surface area contributed by atoms with Crippen LogP contribution in [0.2, 0.25) is 0 Å². The van der Waals surface area contributed by atoms with E-state index in [0.29, 0.717) is 6.04 Å².